The molecule has 1 saturated carbocycles. The number of nitrogens with one attached hydrogen (secondary N) is 2. The second kappa shape index (κ2) is 8.40. The van der Waals surface area contributed by atoms with Gasteiger partial charge in [-0.15, -0.1) is 11.8 Å². The molecule has 3 unspecified atom stereocenters. The first-order valence-electron chi connectivity index (χ1n) is 8.71. The molecular formula is C19H27N3O3S. The lowest BCUT2D eigenvalue weighted by Crippen LogP contribution is -2.73. The van der Waals surface area contributed by atoms with Gasteiger partial charge in [0.25, 0.3) is 0 Å². The average molecular weight is 378 g/mol. The average Bonchev–Trinajstić information content (AvgIpc) is 2.63. The Balaban J connectivity index is 1.95. The second-order valence-corrected chi connectivity index (χ2v) is 8.48. The van der Waals surface area contributed by atoms with Gasteiger partial charge in [0.05, 0.1) is 42.5 Å². The van der Waals surface area contributed by atoms with Gasteiger partial charge in [0.15, 0.2) is 0 Å². The van der Waals surface area contributed by atoms with Gasteiger partial charge in [0.2, 0.25) is 5.91 Å². The van der Waals surface area contributed by atoms with Gasteiger partial charge in [0.1, 0.15) is 0 Å². The van der Waals surface area contributed by atoms with Crippen molar-refractivity contribution in [3.63, 3.8) is 0 Å². The van der Waals surface area contributed by atoms with Crippen molar-refractivity contribution >= 4 is 23.4 Å². The Kier molecular flexibility index (Phi) is 6.69. The standard InChI is InChI=1S/C19H27N3O3S/c1-13(9-20)11-26-15-7-5-4-6-14(15)22-17(25)10-21-19(12-23)8-16(24)18(19,2)3/h4-7,13,16,21,23-24H,8,10-12H2,1-3H3,(H,22,25). The van der Waals surface area contributed by atoms with Crippen LogP contribution in [0.1, 0.15) is 27.2 Å². The van der Waals surface area contributed by atoms with Crippen molar-refractivity contribution < 1.29 is 15.0 Å². The van der Waals surface area contributed by atoms with E-state index in [-0.39, 0.29) is 25.0 Å². The number of hydrogen-bond donors (Lipinski definition) is 4. The Morgan fingerprint density at radius 2 is 2.15 bits per heavy atom. The number of amides is 1. The molecule has 2 rings (SSSR count). The summed E-state index contributed by atoms with van der Waals surface area (Å²) in [5.41, 5.74) is -0.441. The van der Waals surface area contributed by atoms with Gasteiger partial charge in [-0.2, -0.15) is 5.26 Å². The van der Waals surface area contributed by atoms with Crippen LogP contribution in [0, 0.1) is 22.7 Å². The van der Waals surface area contributed by atoms with Gasteiger partial charge in [0, 0.05) is 16.1 Å². The largest absolute Gasteiger partial charge is 0.394 e. The number of benzene rings is 1. The summed E-state index contributed by atoms with van der Waals surface area (Å²) in [7, 11) is 0. The molecule has 3 atom stereocenters. The number of para-hydroxylation sites is 1. The summed E-state index contributed by atoms with van der Waals surface area (Å²) in [4.78, 5) is 13.3. The van der Waals surface area contributed by atoms with Gasteiger partial charge in [-0.05, 0) is 25.5 Å². The van der Waals surface area contributed by atoms with Gasteiger partial charge >= 0.3 is 0 Å². The number of hydrogen-bond acceptors (Lipinski definition) is 6. The topological polar surface area (TPSA) is 105 Å². The Morgan fingerprint density at radius 1 is 1.46 bits per heavy atom. The van der Waals surface area contributed by atoms with E-state index in [1.54, 1.807) is 0 Å². The zero-order valence-electron chi connectivity index (χ0n) is 15.5. The molecular weight excluding hydrogens is 350 g/mol. The van der Waals surface area contributed by atoms with E-state index in [2.05, 4.69) is 16.7 Å². The molecule has 1 aliphatic carbocycles. The van der Waals surface area contributed by atoms with Crippen LogP contribution in [0.5, 0.6) is 0 Å². The highest BCUT2D eigenvalue weighted by Gasteiger charge is 2.59. The molecule has 0 spiro atoms. The van der Waals surface area contributed by atoms with Crippen LogP contribution in [0.3, 0.4) is 0 Å². The lowest BCUT2D eigenvalue weighted by atomic mass is 9.54. The van der Waals surface area contributed by atoms with E-state index in [0.717, 1.165) is 4.90 Å². The van der Waals surface area contributed by atoms with Crippen molar-refractivity contribution in [1.29, 1.82) is 5.26 Å². The monoisotopic (exact) mass is 377 g/mol. The molecule has 1 aliphatic rings. The quantitative estimate of drug-likeness (QED) is 0.516. The molecule has 0 heterocycles. The number of aliphatic hydroxyl groups excluding tert-OH is 2. The number of anilines is 1. The van der Waals surface area contributed by atoms with Gasteiger partial charge in [-0.3, -0.25) is 10.1 Å². The van der Waals surface area contributed by atoms with E-state index in [0.29, 0.717) is 17.9 Å². The number of nitriles is 1. The second-order valence-electron chi connectivity index (χ2n) is 7.42. The molecule has 0 aliphatic heterocycles. The van der Waals surface area contributed by atoms with Crippen LogP contribution in [0.25, 0.3) is 0 Å². The van der Waals surface area contributed by atoms with Crippen LogP contribution in [-0.4, -0.2) is 46.7 Å². The minimum absolute atomic E-state index is 0.0459. The maximum absolute atomic E-state index is 12.4. The third-order valence-corrected chi connectivity index (χ3v) is 6.67. The zero-order valence-corrected chi connectivity index (χ0v) is 16.3. The van der Waals surface area contributed by atoms with Crippen LogP contribution < -0.4 is 10.6 Å². The van der Waals surface area contributed by atoms with Gasteiger partial charge in [-0.25, -0.2) is 0 Å². The fourth-order valence-corrected chi connectivity index (χ4v) is 4.01. The lowest BCUT2D eigenvalue weighted by molar-refractivity contribution is -0.153. The fraction of sp³-hybridized carbons (Fsp3) is 0.579. The molecule has 1 aromatic carbocycles. The van der Waals surface area contributed by atoms with Gasteiger partial charge < -0.3 is 15.5 Å². The normalized spacial score (nSPS) is 25.0. The van der Waals surface area contributed by atoms with Crippen LogP contribution in [0.4, 0.5) is 5.69 Å². The first-order valence-corrected chi connectivity index (χ1v) is 9.69. The molecule has 0 bridgehead atoms. The van der Waals surface area contributed by atoms with Crippen LogP contribution >= 0.6 is 11.8 Å². The minimum Gasteiger partial charge on any atom is -0.394 e. The van der Waals surface area contributed by atoms with Crippen molar-refractivity contribution in [2.75, 3.05) is 24.2 Å². The number of thioether (sulfide) groups is 1. The molecule has 7 heteroatoms. The summed E-state index contributed by atoms with van der Waals surface area (Å²) >= 11 is 1.53. The molecule has 26 heavy (non-hydrogen) atoms. The molecule has 142 valence electrons. The number of carbonyl (C=O) groups is 1. The number of aliphatic hydroxyl groups is 2. The van der Waals surface area contributed by atoms with Crippen molar-refractivity contribution in [2.24, 2.45) is 11.3 Å². The van der Waals surface area contributed by atoms with E-state index in [1.165, 1.54) is 11.8 Å². The summed E-state index contributed by atoms with van der Waals surface area (Å²) in [6.45, 7) is 5.53. The predicted octanol–water partition coefficient (Wildman–Crippen LogP) is 1.99. The van der Waals surface area contributed by atoms with Crippen molar-refractivity contribution in [2.45, 2.75) is 43.7 Å². The summed E-state index contributed by atoms with van der Waals surface area (Å²) in [5.74, 6) is 0.375. The molecule has 0 saturated heterocycles. The smallest absolute Gasteiger partial charge is 0.238 e. The fourth-order valence-electron chi connectivity index (χ4n) is 3.05. The first-order chi connectivity index (χ1) is 12.3. The highest BCUT2D eigenvalue weighted by atomic mass is 32.2. The first kappa shape index (κ1) is 20.7. The van der Waals surface area contributed by atoms with Crippen LogP contribution in [0.2, 0.25) is 0 Å². The Bertz CT molecular complexity index is 689. The van der Waals surface area contributed by atoms with E-state index in [1.807, 2.05) is 45.0 Å². The number of nitrogens with zero attached hydrogens (tertiary/aromatic N) is 1. The third kappa shape index (κ3) is 4.21. The third-order valence-electron chi connectivity index (χ3n) is 5.34. The molecule has 0 radical (unpaired) electrons. The summed E-state index contributed by atoms with van der Waals surface area (Å²) in [6.07, 6.45) is -0.0770. The molecule has 1 amide bonds. The maximum Gasteiger partial charge on any atom is 0.238 e. The zero-order chi connectivity index (χ0) is 19.4. The van der Waals surface area contributed by atoms with Crippen LogP contribution in [0.15, 0.2) is 29.2 Å². The lowest BCUT2D eigenvalue weighted by Gasteiger charge is -2.59. The molecule has 1 aromatic rings. The minimum atomic E-state index is -0.653. The van der Waals surface area contributed by atoms with E-state index in [9.17, 15) is 15.0 Å². The predicted molar refractivity (Wildman–Crippen MR) is 103 cm³/mol. The molecule has 4 N–H and O–H groups in total. The highest BCUT2D eigenvalue weighted by Crippen LogP contribution is 2.49. The number of carbonyl (C=O) groups excluding carboxylic acids is 1. The Morgan fingerprint density at radius 3 is 2.73 bits per heavy atom. The molecule has 6 nitrogen and oxygen atoms in total. The van der Waals surface area contributed by atoms with Crippen molar-refractivity contribution in [3.8, 4) is 6.07 Å². The van der Waals surface area contributed by atoms with E-state index < -0.39 is 17.1 Å². The summed E-state index contributed by atoms with van der Waals surface area (Å²) in [6, 6.07) is 9.69. The maximum atomic E-state index is 12.4. The van der Waals surface area contributed by atoms with Gasteiger partial charge in [-0.1, -0.05) is 26.0 Å². The highest BCUT2D eigenvalue weighted by molar-refractivity contribution is 7.99. The summed E-state index contributed by atoms with van der Waals surface area (Å²) < 4.78 is 0. The van der Waals surface area contributed by atoms with E-state index in [4.69, 9.17) is 5.26 Å². The molecule has 1 fully saturated rings. The SMILES string of the molecule is CC(C#N)CSc1ccccc1NC(=O)CNC1(CO)CC(O)C1(C)C. The summed E-state index contributed by atoms with van der Waals surface area (Å²) in [5, 5.41) is 34.6. The van der Waals surface area contributed by atoms with Crippen LogP contribution in [-0.2, 0) is 4.79 Å². The van der Waals surface area contributed by atoms with E-state index >= 15 is 0 Å². The number of rotatable bonds is 8. The molecule has 0 aromatic heterocycles. The Hall–Kier alpha value is -1.59. The Labute approximate surface area is 159 Å². The van der Waals surface area contributed by atoms with Crippen molar-refractivity contribution in [3.05, 3.63) is 24.3 Å². The van der Waals surface area contributed by atoms with Crippen molar-refractivity contribution in [1.82, 2.24) is 5.32 Å².